The van der Waals surface area contributed by atoms with Crippen LogP contribution < -0.4 is 5.32 Å². The number of anilines is 1. The highest BCUT2D eigenvalue weighted by Gasteiger charge is 1.95. The van der Waals surface area contributed by atoms with E-state index in [1.807, 2.05) is 0 Å². The number of nitrogens with one attached hydrogen (secondary N) is 1. The average Bonchev–Trinajstić information content (AvgIpc) is 1.85. The fraction of sp³-hybridized carbons (Fsp3) is 0.125. The minimum absolute atomic E-state index is 0. The Balaban J connectivity index is 0.00000121. The van der Waals surface area contributed by atoms with Gasteiger partial charge in [-0.05, 0) is 18.2 Å². The van der Waals surface area contributed by atoms with Gasteiger partial charge in [0.2, 0.25) is 5.91 Å². The highest BCUT2D eigenvalue weighted by atomic mass is 35.5. The van der Waals surface area contributed by atoms with Crippen LogP contribution in [0.5, 0.6) is 0 Å². The number of benzene rings is 1. The summed E-state index contributed by atoms with van der Waals surface area (Å²) in [5, 5.41) is 2.47. The lowest BCUT2D eigenvalue weighted by Crippen LogP contribution is -2.05. The van der Waals surface area contributed by atoms with E-state index in [0.29, 0.717) is 5.69 Å². The van der Waals surface area contributed by atoms with Crippen LogP contribution >= 0.6 is 12.4 Å². The van der Waals surface area contributed by atoms with Crippen molar-refractivity contribution in [3.63, 3.8) is 0 Å². The molecular weight excluding hydrogens is 181 g/mol. The zero-order valence-corrected chi connectivity index (χ0v) is 7.32. The second kappa shape index (κ2) is 4.72. The molecular formula is C8H9ClFNO. The molecule has 1 amide bonds. The van der Waals surface area contributed by atoms with E-state index >= 15 is 0 Å². The molecule has 4 heteroatoms. The van der Waals surface area contributed by atoms with E-state index in [-0.39, 0.29) is 24.1 Å². The lowest BCUT2D eigenvalue weighted by atomic mass is 10.3. The molecule has 0 aliphatic heterocycles. The van der Waals surface area contributed by atoms with Gasteiger partial charge in [-0.2, -0.15) is 0 Å². The first-order valence-electron chi connectivity index (χ1n) is 3.21. The summed E-state index contributed by atoms with van der Waals surface area (Å²) in [6.07, 6.45) is 0. The van der Waals surface area contributed by atoms with E-state index in [2.05, 4.69) is 5.32 Å². The summed E-state index contributed by atoms with van der Waals surface area (Å²) in [5.74, 6) is -0.549. The number of carbonyl (C=O) groups excluding carboxylic acids is 1. The molecule has 12 heavy (non-hydrogen) atoms. The summed E-state index contributed by atoms with van der Waals surface area (Å²) in [7, 11) is 0. The first-order valence-corrected chi connectivity index (χ1v) is 3.21. The molecule has 0 unspecified atom stereocenters. The second-order valence-electron chi connectivity index (χ2n) is 2.19. The van der Waals surface area contributed by atoms with Crippen LogP contribution in [0.25, 0.3) is 0 Å². The normalized spacial score (nSPS) is 8.50. The SMILES string of the molecule is CC(=O)Nc1cccc(F)c1.Cl. The van der Waals surface area contributed by atoms with E-state index in [9.17, 15) is 9.18 Å². The lowest BCUT2D eigenvalue weighted by Gasteiger charge is -1.99. The van der Waals surface area contributed by atoms with Crippen LogP contribution in [0.1, 0.15) is 6.92 Å². The quantitative estimate of drug-likeness (QED) is 0.721. The molecule has 0 saturated heterocycles. The van der Waals surface area contributed by atoms with Crippen LogP contribution in [0.3, 0.4) is 0 Å². The van der Waals surface area contributed by atoms with Crippen molar-refractivity contribution in [2.75, 3.05) is 5.32 Å². The van der Waals surface area contributed by atoms with Gasteiger partial charge in [-0.15, -0.1) is 12.4 Å². The molecule has 0 aliphatic rings. The third kappa shape index (κ3) is 3.34. The van der Waals surface area contributed by atoms with Crippen molar-refractivity contribution in [2.24, 2.45) is 0 Å². The number of hydrogen-bond donors (Lipinski definition) is 1. The third-order valence-electron chi connectivity index (χ3n) is 1.14. The Hall–Kier alpha value is -1.09. The minimum atomic E-state index is -0.351. The monoisotopic (exact) mass is 189 g/mol. The average molecular weight is 190 g/mol. The van der Waals surface area contributed by atoms with E-state index in [0.717, 1.165) is 0 Å². The summed E-state index contributed by atoms with van der Waals surface area (Å²) < 4.78 is 12.5. The summed E-state index contributed by atoms with van der Waals surface area (Å²) in [4.78, 5) is 10.5. The number of hydrogen-bond acceptors (Lipinski definition) is 1. The minimum Gasteiger partial charge on any atom is -0.326 e. The van der Waals surface area contributed by atoms with Gasteiger partial charge in [0.25, 0.3) is 0 Å². The lowest BCUT2D eigenvalue weighted by molar-refractivity contribution is -0.114. The zero-order chi connectivity index (χ0) is 8.27. The van der Waals surface area contributed by atoms with Crippen molar-refractivity contribution < 1.29 is 9.18 Å². The fourth-order valence-electron chi connectivity index (χ4n) is 0.769. The number of halogens is 2. The van der Waals surface area contributed by atoms with Crippen molar-refractivity contribution in [2.45, 2.75) is 6.92 Å². The molecule has 1 aromatic rings. The van der Waals surface area contributed by atoms with Gasteiger partial charge in [0, 0.05) is 12.6 Å². The Kier molecular flexibility index (Phi) is 4.29. The molecule has 0 aromatic heterocycles. The highest BCUT2D eigenvalue weighted by Crippen LogP contribution is 2.08. The van der Waals surface area contributed by atoms with Crippen molar-refractivity contribution in [1.82, 2.24) is 0 Å². The first-order chi connectivity index (χ1) is 5.18. The highest BCUT2D eigenvalue weighted by molar-refractivity contribution is 5.88. The summed E-state index contributed by atoms with van der Waals surface area (Å²) in [6.45, 7) is 1.38. The second-order valence-corrected chi connectivity index (χ2v) is 2.19. The maximum absolute atomic E-state index is 12.5. The Labute approximate surface area is 76.2 Å². The van der Waals surface area contributed by atoms with Crippen LogP contribution in [0.2, 0.25) is 0 Å². The molecule has 0 radical (unpaired) electrons. The summed E-state index contributed by atoms with van der Waals surface area (Å²) in [6, 6.07) is 5.76. The Bertz CT molecular complexity index is 278. The third-order valence-corrected chi connectivity index (χ3v) is 1.14. The van der Waals surface area contributed by atoms with Crippen LogP contribution in [0.4, 0.5) is 10.1 Å². The van der Waals surface area contributed by atoms with Gasteiger partial charge < -0.3 is 5.32 Å². The van der Waals surface area contributed by atoms with Crippen molar-refractivity contribution in [1.29, 1.82) is 0 Å². The Morgan fingerprint density at radius 2 is 2.17 bits per heavy atom. The van der Waals surface area contributed by atoms with E-state index in [4.69, 9.17) is 0 Å². The van der Waals surface area contributed by atoms with Gasteiger partial charge in [0.15, 0.2) is 0 Å². The van der Waals surface area contributed by atoms with Gasteiger partial charge in [0.05, 0.1) is 0 Å². The van der Waals surface area contributed by atoms with E-state index in [1.54, 1.807) is 12.1 Å². The van der Waals surface area contributed by atoms with Gasteiger partial charge in [-0.3, -0.25) is 4.79 Å². The fourth-order valence-corrected chi connectivity index (χ4v) is 0.769. The van der Waals surface area contributed by atoms with Gasteiger partial charge in [0.1, 0.15) is 5.82 Å². The molecule has 0 heterocycles. The van der Waals surface area contributed by atoms with Crippen molar-refractivity contribution >= 4 is 24.0 Å². The molecule has 0 bridgehead atoms. The Morgan fingerprint density at radius 1 is 1.50 bits per heavy atom. The zero-order valence-electron chi connectivity index (χ0n) is 6.50. The smallest absolute Gasteiger partial charge is 0.221 e. The molecule has 2 nitrogen and oxygen atoms in total. The standard InChI is InChI=1S/C8H8FNO.ClH/c1-6(11)10-8-4-2-3-7(9)5-8;/h2-5H,1H3,(H,10,11);1H. The van der Waals surface area contributed by atoms with Crippen LogP contribution in [0.15, 0.2) is 24.3 Å². The molecule has 1 aromatic carbocycles. The molecule has 0 atom stereocenters. The van der Waals surface area contributed by atoms with Crippen LogP contribution in [-0.2, 0) is 4.79 Å². The summed E-state index contributed by atoms with van der Waals surface area (Å²) in [5.41, 5.74) is 0.484. The Morgan fingerprint density at radius 3 is 2.67 bits per heavy atom. The van der Waals surface area contributed by atoms with Gasteiger partial charge in [-0.1, -0.05) is 6.07 Å². The number of rotatable bonds is 1. The summed E-state index contributed by atoms with van der Waals surface area (Å²) >= 11 is 0. The van der Waals surface area contributed by atoms with Crippen molar-refractivity contribution in [3.8, 4) is 0 Å². The molecule has 1 rings (SSSR count). The van der Waals surface area contributed by atoms with Gasteiger partial charge in [-0.25, -0.2) is 4.39 Å². The molecule has 66 valence electrons. The van der Waals surface area contributed by atoms with Crippen molar-refractivity contribution in [3.05, 3.63) is 30.1 Å². The first kappa shape index (κ1) is 10.9. The topological polar surface area (TPSA) is 29.1 Å². The largest absolute Gasteiger partial charge is 0.326 e. The van der Waals surface area contributed by atoms with Crippen LogP contribution in [0, 0.1) is 5.82 Å². The number of carbonyl (C=O) groups is 1. The molecule has 0 aliphatic carbocycles. The maximum Gasteiger partial charge on any atom is 0.221 e. The van der Waals surface area contributed by atoms with Crippen LogP contribution in [-0.4, -0.2) is 5.91 Å². The molecule has 0 fully saturated rings. The maximum atomic E-state index is 12.5. The molecule has 0 spiro atoms. The van der Waals surface area contributed by atoms with E-state index < -0.39 is 0 Å². The predicted octanol–water partition coefficient (Wildman–Crippen LogP) is 2.21. The number of amides is 1. The predicted molar refractivity (Wildman–Crippen MR) is 48.0 cm³/mol. The van der Waals surface area contributed by atoms with Gasteiger partial charge >= 0.3 is 0 Å². The molecule has 1 N–H and O–H groups in total. The molecule has 0 saturated carbocycles. The van der Waals surface area contributed by atoms with E-state index in [1.165, 1.54) is 19.1 Å².